The number of carboxylic acid groups (broad SMARTS) is 1. The molecule has 2 rings (SSSR count). The van der Waals surface area contributed by atoms with Crippen molar-refractivity contribution < 1.29 is 14.7 Å². The summed E-state index contributed by atoms with van der Waals surface area (Å²) in [5.74, 6) is -1.12. The molecule has 0 bridgehead atoms. The predicted octanol–water partition coefficient (Wildman–Crippen LogP) is 2.08. The van der Waals surface area contributed by atoms with Gasteiger partial charge in [0, 0.05) is 37.9 Å². The molecule has 5 heteroatoms. The number of benzene rings is 1. The van der Waals surface area contributed by atoms with E-state index in [1.807, 2.05) is 50.2 Å². The van der Waals surface area contributed by atoms with Crippen molar-refractivity contribution >= 4 is 17.6 Å². The van der Waals surface area contributed by atoms with Gasteiger partial charge in [0.15, 0.2) is 0 Å². The average molecular weight is 290 g/mol. The number of amides is 1. The second-order valence-electron chi connectivity index (χ2n) is 5.85. The molecule has 1 aromatic rings. The fourth-order valence-corrected chi connectivity index (χ4v) is 2.78. The summed E-state index contributed by atoms with van der Waals surface area (Å²) in [6.45, 7) is 2.42. The van der Waals surface area contributed by atoms with Gasteiger partial charge in [0.25, 0.3) is 5.91 Å². The lowest BCUT2D eigenvalue weighted by atomic mass is 9.91. The molecule has 2 atom stereocenters. The molecular formula is C16H22N2O3. The molecule has 1 aliphatic rings. The molecule has 1 amide bonds. The first-order valence-electron chi connectivity index (χ1n) is 7.21. The standard InChI is InChI=1S/C16H22N2O3/c1-11-9-13(16(20)21)7-8-18(11)15(19)12-5-4-6-14(10-12)17(2)3/h4-6,10-11,13H,7-9H2,1-3H3,(H,20,21). The number of anilines is 1. The maximum Gasteiger partial charge on any atom is 0.306 e. The summed E-state index contributed by atoms with van der Waals surface area (Å²) in [5.41, 5.74) is 1.63. The third-order valence-electron chi connectivity index (χ3n) is 4.10. The van der Waals surface area contributed by atoms with Gasteiger partial charge >= 0.3 is 5.97 Å². The van der Waals surface area contributed by atoms with E-state index in [2.05, 4.69) is 0 Å². The number of rotatable bonds is 3. The molecule has 2 unspecified atom stereocenters. The Bertz CT molecular complexity index is 542. The number of piperidine rings is 1. The van der Waals surface area contributed by atoms with Crippen molar-refractivity contribution in [3.05, 3.63) is 29.8 Å². The average Bonchev–Trinajstić information content (AvgIpc) is 2.46. The van der Waals surface area contributed by atoms with E-state index in [0.29, 0.717) is 24.9 Å². The van der Waals surface area contributed by atoms with Crippen LogP contribution in [-0.4, -0.2) is 48.6 Å². The van der Waals surface area contributed by atoms with Crippen LogP contribution in [0.1, 0.15) is 30.1 Å². The van der Waals surface area contributed by atoms with Crippen molar-refractivity contribution in [3.63, 3.8) is 0 Å². The van der Waals surface area contributed by atoms with Gasteiger partial charge < -0.3 is 14.9 Å². The summed E-state index contributed by atoms with van der Waals surface area (Å²) in [4.78, 5) is 27.4. The molecular weight excluding hydrogens is 268 g/mol. The van der Waals surface area contributed by atoms with Gasteiger partial charge in [0.05, 0.1) is 5.92 Å². The Morgan fingerprint density at radius 2 is 2.05 bits per heavy atom. The van der Waals surface area contributed by atoms with Crippen LogP contribution in [0, 0.1) is 5.92 Å². The zero-order chi connectivity index (χ0) is 15.6. The van der Waals surface area contributed by atoms with Crippen molar-refractivity contribution in [2.45, 2.75) is 25.8 Å². The van der Waals surface area contributed by atoms with E-state index in [0.717, 1.165) is 5.69 Å². The Morgan fingerprint density at radius 1 is 1.33 bits per heavy atom. The van der Waals surface area contributed by atoms with Crippen LogP contribution in [0.2, 0.25) is 0 Å². The minimum Gasteiger partial charge on any atom is -0.481 e. The van der Waals surface area contributed by atoms with Gasteiger partial charge in [-0.3, -0.25) is 9.59 Å². The number of hydrogen-bond acceptors (Lipinski definition) is 3. The molecule has 0 aromatic heterocycles. The second-order valence-corrected chi connectivity index (χ2v) is 5.85. The Balaban J connectivity index is 2.13. The van der Waals surface area contributed by atoms with E-state index in [1.165, 1.54) is 0 Å². The highest BCUT2D eigenvalue weighted by Gasteiger charge is 2.32. The van der Waals surface area contributed by atoms with Gasteiger partial charge in [-0.05, 0) is 38.0 Å². The molecule has 0 aliphatic carbocycles. The topological polar surface area (TPSA) is 60.9 Å². The molecule has 1 N–H and O–H groups in total. The molecule has 0 radical (unpaired) electrons. The Morgan fingerprint density at radius 3 is 2.62 bits per heavy atom. The summed E-state index contributed by atoms with van der Waals surface area (Å²) in [6.07, 6.45) is 1.05. The monoisotopic (exact) mass is 290 g/mol. The molecule has 1 fully saturated rings. The number of likely N-dealkylation sites (tertiary alicyclic amines) is 1. The van der Waals surface area contributed by atoms with E-state index in [4.69, 9.17) is 5.11 Å². The highest BCUT2D eigenvalue weighted by Crippen LogP contribution is 2.25. The van der Waals surface area contributed by atoms with Gasteiger partial charge in [-0.25, -0.2) is 0 Å². The zero-order valence-corrected chi connectivity index (χ0v) is 12.7. The van der Waals surface area contributed by atoms with Crippen LogP contribution in [0.4, 0.5) is 5.69 Å². The summed E-state index contributed by atoms with van der Waals surface area (Å²) in [6, 6.07) is 7.47. The van der Waals surface area contributed by atoms with E-state index in [1.54, 1.807) is 4.90 Å². The van der Waals surface area contributed by atoms with Gasteiger partial charge in [-0.2, -0.15) is 0 Å². The van der Waals surface area contributed by atoms with E-state index < -0.39 is 5.97 Å². The first kappa shape index (κ1) is 15.4. The Hall–Kier alpha value is -2.04. The summed E-state index contributed by atoms with van der Waals surface area (Å²) < 4.78 is 0. The Kier molecular flexibility index (Phi) is 4.50. The van der Waals surface area contributed by atoms with Crippen LogP contribution in [0.5, 0.6) is 0 Å². The molecule has 21 heavy (non-hydrogen) atoms. The summed E-state index contributed by atoms with van der Waals surface area (Å²) in [7, 11) is 3.87. The highest BCUT2D eigenvalue weighted by molar-refractivity contribution is 5.95. The second kappa shape index (κ2) is 6.16. The molecule has 1 saturated heterocycles. The lowest BCUT2D eigenvalue weighted by Gasteiger charge is -2.36. The molecule has 1 heterocycles. The fourth-order valence-electron chi connectivity index (χ4n) is 2.78. The molecule has 1 aromatic carbocycles. The van der Waals surface area contributed by atoms with Gasteiger partial charge in [-0.1, -0.05) is 6.07 Å². The van der Waals surface area contributed by atoms with Crippen LogP contribution in [0.3, 0.4) is 0 Å². The third kappa shape index (κ3) is 3.35. The predicted molar refractivity (Wildman–Crippen MR) is 81.6 cm³/mol. The normalized spacial score (nSPS) is 22.0. The minimum absolute atomic E-state index is 0.0185. The number of carbonyl (C=O) groups excluding carboxylic acids is 1. The third-order valence-corrected chi connectivity index (χ3v) is 4.10. The molecule has 5 nitrogen and oxygen atoms in total. The highest BCUT2D eigenvalue weighted by atomic mass is 16.4. The lowest BCUT2D eigenvalue weighted by molar-refractivity contribution is -0.143. The molecule has 1 aliphatic heterocycles. The Labute approximate surface area is 125 Å². The lowest BCUT2D eigenvalue weighted by Crippen LogP contribution is -2.46. The van der Waals surface area contributed by atoms with Crippen LogP contribution in [-0.2, 0) is 4.79 Å². The van der Waals surface area contributed by atoms with Gasteiger partial charge in [0.1, 0.15) is 0 Å². The number of carboxylic acids is 1. The van der Waals surface area contributed by atoms with Crippen molar-refractivity contribution in [2.75, 3.05) is 25.5 Å². The summed E-state index contributed by atoms with van der Waals surface area (Å²) >= 11 is 0. The number of hydrogen-bond donors (Lipinski definition) is 1. The summed E-state index contributed by atoms with van der Waals surface area (Å²) in [5, 5.41) is 9.09. The van der Waals surface area contributed by atoms with Gasteiger partial charge in [0.2, 0.25) is 0 Å². The molecule has 114 valence electrons. The van der Waals surface area contributed by atoms with Crippen molar-refractivity contribution in [1.82, 2.24) is 4.90 Å². The van der Waals surface area contributed by atoms with Gasteiger partial charge in [-0.15, -0.1) is 0 Å². The maximum absolute atomic E-state index is 12.6. The number of aliphatic carboxylic acids is 1. The number of carbonyl (C=O) groups is 2. The smallest absolute Gasteiger partial charge is 0.306 e. The largest absolute Gasteiger partial charge is 0.481 e. The first-order valence-corrected chi connectivity index (χ1v) is 7.21. The van der Waals surface area contributed by atoms with Crippen LogP contribution in [0.25, 0.3) is 0 Å². The van der Waals surface area contributed by atoms with Crippen molar-refractivity contribution in [3.8, 4) is 0 Å². The van der Waals surface area contributed by atoms with Crippen LogP contribution < -0.4 is 4.90 Å². The first-order chi connectivity index (χ1) is 9.90. The number of nitrogens with zero attached hydrogens (tertiary/aromatic N) is 2. The van der Waals surface area contributed by atoms with E-state index >= 15 is 0 Å². The van der Waals surface area contributed by atoms with Crippen LogP contribution >= 0.6 is 0 Å². The quantitative estimate of drug-likeness (QED) is 0.926. The van der Waals surface area contributed by atoms with Crippen molar-refractivity contribution in [2.24, 2.45) is 5.92 Å². The van der Waals surface area contributed by atoms with E-state index in [-0.39, 0.29) is 17.9 Å². The van der Waals surface area contributed by atoms with Crippen molar-refractivity contribution in [1.29, 1.82) is 0 Å². The van der Waals surface area contributed by atoms with Crippen LogP contribution in [0.15, 0.2) is 24.3 Å². The molecule has 0 spiro atoms. The maximum atomic E-state index is 12.6. The minimum atomic E-state index is -0.761. The molecule has 0 saturated carbocycles. The fraction of sp³-hybridized carbons (Fsp3) is 0.500. The van der Waals surface area contributed by atoms with E-state index in [9.17, 15) is 9.59 Å². The SMILES string of the molecule is CC1CC(C(=O)O)CCN1C(=O)c1cccc(N(C)C)c1. The zero-order valence-electron chi connectivity index (χ0n) is 12.7.